The molecule has 0 fully saturated rings. The van der Waals surface area contributed by atoms with Gasteiger partial charge in [-0.05, 0) is 18.2 Å². The molecule has 0 radical (unpaired) electrons. The summed E-state index contributed by atoms with van der Waals surface area (Å²) in [6, 6.07) is 4.82. The molecule has 0 heterocycles. The fourth-order valence-corrected chi connectivity index (χ4v) is 2.31. The zero-order valence-corrected chi connectivity index (χ0v) is 11.6. The first kappa shape index (κ1) is 15.2. The summed E-state index contributed by atoms with van der Waals surface area (Å²) in [5.74, 6) is -3.52. The van der Waals surface area contributed by atoms with E-state index >= 15 is 0 Å². The van der Waals surface area contributed by atoms with Crippen molar-refractivity contribution in [1.82, 2.24) is 0 Å². The van der Waals surface area contributed by atoms with E-state index < -0.39 is 27.3 Å². The van der Waals surface area contributed by atoms with Gasteiger partial charge in [0.1, 0.15) is 5.82 Å². The number of sulfone groups is 1. The Labute approximate surface area is 119 Å². The van der Waals surface area contributed by atoms with Crippen LogP contribution in [0.4, 0.5) is 30.2 Å². The highest BCUT2D eigenvalue weighted by Gasteiger charge is 2.13. The number of nitrogen functional groups attached to an aromatic ring is 1. The maximum atomic E-state index is 13.5. The molecule has 21 heavy (non-hydrogen) atoms. The van der Waals surface area contributed by atoms with E-state index in [1.165, 1.54) is 18.2 Å². The predicted molar refractivity (Wildman–Crippen MR) is 73.6 cm³/mol. The normalized spacial score (nSPS) is 11.4. The molecular formula is C13H11F3N2O2S. The number of hydrogen-bond acceptors (Lipinski definition) is 4. The van der Waals surface area contributed by atoms with E-state index in [1.807, 2.05) is 0 Å². The van der Waals surface area contributed by atoms with E-state index in [0.29, 0.717) is 12.1 Å². The van der Waals surface area contributed by atoms with Gasteiger partial charge in [0.2, 0.25) is 0 Å². The van der Waals surface area contributed by atoms with Crippen molar-refractivity contribution in [3.05, 3.63) is 47.8 Å². The van der Waals surface area contributed by atoms with Gasteiger partial charge in [-0.3, -0.25) is 0 Å². The van der Waals surface area contributed by atoms with Crippen LogP contribution in [-0.4, -0.2) is 14.7 Å². The van der Waals surface area contributed by atoms with Crippen molar-refractivity contribution >= 4 is 26.9 Å². The quantitative estimate of drug-likeness (QED) is 0.675. The van der Waals surface area contributed by atoms with Gasteiger partial charge < -0.3 is 11.1 Å². The zero-order chi connectivity index (χ0) is 15.8. The second-order valence-corrected chi connectivity index (χ2v) is 6.41. The van der Waals surface area contributed by atoms with Gasteiger partial charge in [-0.2, -0.15) is 0 Å². The van der Waals surface area contributed by atoms with Crippen LogP contribution in [0.2, 0.25) is 0 Å². The average molecular weight is 316 g/mol. The van der Waals surface area contributed by atoms with Gasteiger partial charge in [-0.1, -0.05) is 0 Å². The first-order chi connectivity index (χ1) is 9.68. The molecule has 2 aromatic rings. The number of benzene rings is 2. The van der Waals surface area contributed by atoms with Gasteiger partial charge in [0, 0.05) is 18.4 Å². The SMILES string of the molecule is CS(=O)(=O)c1ccc(Nc2cc(F)c(F)cc2F)c(N)c1. The third-order valence-electron chi connectivity index (χ3n) is 2.73. The molecule has 0 aliphatic heterocycles. The molecular weight excluding hydrogens is 305 g/mol. The molecule has 112 valence electrons. The fourth-order valence-electron chi connectivity index (χ4n) is 1.65. The van der Waals surface area contributed by atoms with Crippen molar-refractivity contribution in [3.63, 3.8) is 0 Å². The van der Waals surface area contributed by atoms with Crippen LogP contribution in [0.25, 0.3) is 0 Å². The number of halogens is 3. The highest BCUT2D eigenvalue weighted by Crippen LogP contribution is 2.28. The van der Waals surface area contributed by atoms with Gasteiger partial charge in [0.15, 0.2) is 21.5 Å². The molecule has 0 amide bonds. The lowest BCUT2D eigenvalue weighted by Gasteiger charge is -2.11. The Hall–Kier alpha value is -2.22. The van der Waals surface area contributed by atoms with E-state index in [1.54, 1.807) is 0 Å². The summed E-state index contributed by atoms with van der Waals surface area (Å²) in [6.07, 6.45) is 1.02. The average Bonchev–Trinajstić information content (AvgIpc) is 2.36. The van der Waals surface area contributed by atoms with Crippen LogP contribution >= 0.6 is 0 Å². The van der Waals surface area contributed by atoms with Crippen LogP contribution in [0.3, 0.4) is 0 Å². The van der Waals surface area contributed by atoms with Crippen LogP contribution in [0.1, 0.15) is 0 Å². The second kappa shape index (κ2) is 5.28. The van der Waals surface area contributed by atoms with Crippen LogP contribution < -0.4 is 11.1 Å². The molecule has 0 saturated carbocycles. The van der Waals surface area contributed by atoms with Crippen molar-refractivity contribution in [1.29, 1.82) is 0 Å². The van der Waals surface area contributed by atoms with Gasteiger partial charge in [0.05, 0.1) is 22.0 Å². The first-order valence-corrected chi connectivity index (χ1v) is 7.59. The summed E-state index contributed by atoms with van der Waals surface area (Å²) in [6.45, 7) is 0. The van der Waals surface area contributed by atoms with Crippen LogP contribution in [0.5, 0.6) is 0 Å². The molecule has 0 bridgehead atoms. The Morgan fingerprint density at radius 1 is 0.952 bits per heavy atom. The van der Waals surface area contributed by atoms with Crippen LogP contribution in [0, 0.1) is 17.5 Å². The third kappa shape index (κ3) is 3.27. The number of rotatable bonds is 3. The lowest BCUT2D eigenvalue weighted by molar-refractivity contribution is 0.496. The Kier molecular flexibility index (Phi) is 3.82. The zero-order valence-electron chi connectivity index (χ0n) is 10.8. The lowest BCUT2D eigenvalue weighted by atomic mass is 10.2. The van der Waals surface area contributed by atoms with Gasteiger partial charge in [-0.25, -0.2) is 21.6 Å². The van der Waals surface area contributed by atoms with Crippen molar-refractivity contribution in [2.24, 2.45) is 0 Å². The summed E-state index contributed by atoms with van der Waals surface area (Å²) in [5.41, 5.74) is 5.56. The molecule has 0 aliphatic rings. The highest BCUT2D eigenvalue weighted by atomic mass is 32.2. The number of nitrogens with two attached hydrogens (primary N) is 1. The largest absolute Gasteiger partial charge is 0.397 e. The minimum Gasteiger partial charge on any atom is -0.397 e. The molecule has 2 rings (SSSR count). The molecule has 0 saturated heterocycles. The molecule has 4 nitrogen and oxygen atoms in total. The molecule has 3 N–H and O–H groups in total. The standard InChI is InChI=1S/C13H11F3N2O2S/c1-21(19,20)7-2-3-12(11(17)4-7)18-13-6-9(15)8(14)5-10(13)16/h2-6,18H,17H2,1H3. The van der Waals surface area contributed by atoms with E-state index in [-0.39, 0.29) is 22.0 Å². The molecule has 0 atom stereocenters. The molecule has 0 unspecified atom stereocenters. The maximum absolute atomic E-state index is 13.5. The molecule has 8 heteroatoms. The molecule has 0 aliphatic carbocycles. The number of nitrogens with one attached hydrogen (secondary N) is 1. The van der Waals surface area contributed by atoms with Crippen molar-refractivity contribution in [2.45, 2.75) is 4.90 Å². The van der Waals surface area contributed by atoms with E-state index in [4.69, 9.17) is 5.73 Å². The Bertz CT molecular complexity index is 807. The first-order valence-electron chi connectivity index (χ1n) is 5.69. The van der Waals surface area contributed by atoms with Gasteiger partial charge >= 0.3 is 0 Å². The Morgan fingerprint density at radius 2 is 1.57 bits per heavy atom. The summed E-state index contributed by atoms with van der Waals surface area (Å²) in [7, 11) is -3.43. The van der Waals surface area contributed by atoms with Crippen molar-refractivity contribution in [3.8, 4) is 0 Å². The second-order valence-electron chi connectivity index (χ2n) is 4.39. The Balaban J connectivity index is 2.39. The summed E-state index contributed by atoms with van der Waals surface area (Å²) in [5, 5.41) is 2.49. The van der Waals surface area contributed by atoms with Crippen molar-refractivity contribution < 1.29 is 21.6 Å². The maximum Gasteiger partial charge on any atom is 0.175 e. The van der Waals surface area contributed by atoms with Crippen LogP contribution in [0.15, 0.2) is 35.2 Å². The van der Waals surface area contributed by atoms with Crippen molar-refractivity contribution in [2.75, 3.05) is 17.3 Å². The van der Waals surface area contributed by atoms with E-state index in [0.717, 1.165) is 6.26 Å². The number of anilines is 3. The van der Waals surface area contributed by atoms with Gasteiger partial charge in [0.25, 0.3) is 0 Å². The number of hydrogen-bond donors (Lipinski definition) is 2. The summed E-state index contributed by atoms with van der Waals surface area (Å²) >= 11 is 0. The van der Waals surface area contributed by atoms with Crippen LogP contribution in [-0.2, 0) is 9.84 Å². The monoisotopic (exact) mass is 316 g/mol. The minimum absolute atomic E-state index is 0.00342. The summed E-state index contributed by atoms with van der Waals surface area (Å²) < 4.78 is 62.2. The topological polar surface area (TPSA) is 72.2 Å². The molecule has 0 aromatic heterocycles. The minimum atomic E-state index is -3.43. The van der Waals surface area contributed by atoms with Gasteiger partial charge in [-0.15, -0.1) is 0 Å². The lowest BCUT2D eigenvalue weighted by Crippen LogP contribution is -2.03. The summed E-state index contributed by atoms with van der Waals surface area (Å²) in [4.78, 5) is -0.00342. The smallest absolute Gasteiger partial charge is 0.175 e. The highest BCUT2D eigenvalue weighted by molar-refractivity contribution is 7.90. The predicted octanol–water partition coefficient (Wildman–Crippen LogP) is 2.83. The fraction of sp³-hybridized carbons (Fsp3) is 0.0769. The van der Waals surface area contributed by atoms with E-state index in [2.05, 4.69) is 5.32 Å². The molecule has 2 aromatic carbocycles. The molecule has 0 spiro atoms. The van der Waals surface area contributed by atoms with E-state index in [9.17, 15) is 21.6 Å². The third-order valence-corrected chi connectivity index (χ3v) is 3.84. The Morgan fingerprint density at radius 3 is 2.14 bits per heavy atom.